The molecular formula is C23H31N3O5. The van der Waals surface area contributed by atoms with Crippen molar-refractivity contribution in [1.82, 2.24) is 15.4 Å². The van der Waals surface area contributed by atoms with E-state index in [1.807, 2.05) is 46.8 Å². The maximum atomic E-state index is 13.1. The van der Waals surface area contributed by atoms with E-state index in [9.17, 15) is 9.59 Å². The summed E-state index contributed by atoms with van der Waals surface area (Å²) in [6, 6.07) is 7.23. The molecule has 1 N–H and O–H groups in total. The number of hydrogen-bond acceptors (Lipinski definition) is 6. The van der Waals surface area contributed by atoms with Gasteiger partial charge >= 0.3 is 6.09 Å². The molecule has 2 amide bonds. The minimum Gasteiger partial charge on any atom is -0.488 e. The van der Waals surface area contributed by atoms with Crippen LogP contribution in [0.15, 0.2) is 28.8 Å². The predicted octanol–water partition coefficient (Wildman–Crippen LogP) is 4.00. The molecule has 2 heterocycles. The molecule has 1 aliphatic rings. The second-order valence-electron chi connectivity index (χ2n) is 8.80. The van der Waals surface area contributed by atoms with Crippen LogP contribution in [0.4, 0.5) is 4.79 Å². The number of likely N-dealkylation sites (tertiary alicyclic amines) is 1. The molecule has 1 saturated heterocycles. The smallest absolute Gasteiger partial charge is 0.407 e. The van der Waals surface area contributed by atoms with E-state index in [2.05, 4.69) is 10.5 Å². The number of carbonyl (C=O) groups excluding carboxylic acids is 2. The Balaban J connectivity index is 1.58. The first-order chi connectivity index (χ1) is 14.6. The number of hydrogen-bond donors (Lipinski definition) is 1. The molecule has 1 aliphatic heterocycles. The van der Waals surface area contributed by atoms with Crippen molar-refractivity contribution in [2.24, 2.45) is 0 Å². The summed E-state index contributed by atoms with van der Waals surface area (Å²) >= 11 is 0. The van der Waals surface area contributed by atoms with Gasteiger partial charge in [0.05, 0.1) is 16.8 Å². The van der Waals surface area contributed by atoms with E-state index >= 15 is 0 Å². The molecule has 0 aliphatic carbocycles. The third-order valence-electron chi connectivity index (χ3n) is 5.17. The first kappa shape index (κ1) is 22.7. The van der Waals surface area contributed by atoms with Crippen molar-refractivity contribution in [3.63, 3.8) is 0 Å². The fraction of sp³-hybridized carbons (Fsp3) is 0.522. The van der Waals surface area contributed by atoms with E-state index < -0.39 is 11.7 Å². The summed E-state index contributed by atoms with van der Waals surface area (Å²) in [5, 5.41) is 6.83. The predicted molar refractivity (Wildman–Crippen MR) is 115 cm³/mol. The Labute approximate surface area is 182 Å². The van der Waals surface area contributed by atoms with Crippen molar-refractivity contribution in [3.05, 3.63) is 46.8 Å². The SMILES string of the molecule is Cc1noc(C)c1COc1ccccc1C(=O)N1CCC(NC(=O)OC(C)(C)C)CC1. The van der Waals surface area contributed by atoms with Crippen molar-refractivity contribution in [2.45, 2.75) is 65.7 Å². The monoisotopic (exact) mass is 429 g/mol. The standard InChI is InChI=1S/C23H31N3O5/c1-15-19(16(2)31-25-15)14-29-20-9-7-6-8-18(20)21(27)26-12-10-17(11-13-26)24-22(28)30-23(3,4)5/h6-9,17H,10-14H2,1-5H3,(H,24,28). The van der Waals surface area contributed by atoms with Gasteiger partial charge in [0.2, 0.25) is 0 Å². The minimum atomic E-state index is -0.534. The highest BCUT2D eigenvalue weighted by atomic mass is 16.6. The van der Waals surface area contributed by atoms with Crippen LogP contribution in [0.2, 0.25) is 0 Å². The van der Waals surface area contributed by atoms with Crippen LogP contribution in [0.3, 0.4) is 0 Å². The zero-order chi connectivity index (χ0) is 22.6. The van der Waals surface area contributed by atoms with Crippen molar-refractivity contribution >= 4 is 12.0 Å². The van der Waals surface area contributed by atoms with Crippen LogP contribution in [-0.2, 0) is 11.3 Å². The molecule has 31 heavy (non-hydrogen) atoms. The Morgan fingerprint density at radius 3 is 2.48 bits per heavy atom. The number of amides is 2. The van der Waals surface area contributed by atoms with Crippen LogP contribution < -0.4 is 10.1 Å². The number of nitrogens with one attached hydrogen (secondary N) is 1. The molecule has 168 valence electrons. The number of piperidine rings is 1. The number of carbonyl (C=O) groups is 2. The first-order valence-electron chi connectivity index (χ1n) is 10.6. The average molecular weight is 430 g/mol. The van der Waals surface area contributed by atoms with Gasteiger partial charge in [0.15, 0.2) is 0 Å². The molecule has 2 aromatic rings. The van der Waals surface area contributed by atoms with E-state index in [4.69, 9.17) is 14.0 Å². The third-order valence-corrected chi connectivity index (χ3v) is 5.17. The highest BCUT2D eigenvalue weighted by molar-refractivity contribution is 5.97. The van der Waals surface area contributed by atoms with E-state index in [-0.39, 0.29) is 18.6 Å². The van der Waals surface area contributed by atoms with Crippen LogP contribution >= 0.6 is 0 Å². The Hall–Kier alpha value is -3.03. The number of benzene rings is 1. The topological polar surface area (TPSA) is 93.9 Å². The van der Waals surface area contributed by atoms with Gasteiger partial charge in [0, 0.05) is 19.1 Å². The van der Waals surface area contributed by atoms with Gasteiger partial charge in [-0.2, -0.15) is 0 Å². The molecule has 0 radical (unpaired) electrons. The summed E-state index contributed by atoms with van der Waals surface area (Å²) in [6.07, 6.45) is 0.926. The van der Waals surface area contributed by atoms with Gasteiger partial charge in [0.25, 0.3) is 5.91 Å². The Bertz CT molecular complexity index is 904. The minimum absolute atomic E-state index is 0.00932. The summed E-state index contributed by atoms with van der Waals surface area (Å²) in [4.78, 5) is 26.9. The summed E-state index contributed by atoms with van der Waals surface area (Å²) < 4.78 is 16.4. The number of aromatic nitrogens is 1. The van der Waals surface area contributed by atoms with E-state index in [0.29, 0.717) is 43.0 Å². The molecule has 3 rings (SSSR count). The maximum absolute atomic E-state index is 13.1. The molecule has 1 aromatic heterocycles. The molecule has 0 spiro atoms. The van der Waals surface area contributed by atoms with Gasteiger partial charge in [-0.25, -0.2) is 4.79 Å². The van der Waals surface area contributed by atoms with Crippen molar-refractivity contribution < 1.29 is 23.6 Å². The zero-order valence-electron chi connectivity index (χ0n) is 18.9. The lowest BCUT2D eigenvalue weighted by Crippen LogP contribution is -2.47. The molecule has 0 bridgehead atoms. The van der Waals surface area contributed by atoms with Crippen molar-refractivity contribution in [2.75, 3.05) is 13.1 Å². The van der Waals surface area contributed by atoms with E-state index in [0.717, 1.165) is 11.3 Å². The highest BCUT2D eigenvalue weighted by Gasteiger charge is 2.27. The molecular weight excluding hydrogens is 398 g/mol. The number of alkyl carbamates (subject to hydrolysis) is 1. The zero-order valence-corrected chi connectivity index (χ0v) is 18.9. The Morgan fingerprint density at radius 1 is 1.19 bits per heavy atom. The normalized spacial score (nSPS) is 14.9. The third kappa shape index (κ3) is 5.99. The number of ether oxygens (including phenoxy) is 2. The number of aryl methyl sites for hydroxylation is 2. The number of nitrogens with zero attached hydrogens (tertiary/aromatic N) is 2. The Kier molecular flexibility index (Phi) is 6.87. The van der Waals surface area contributed by atoms with Gasteiger partial charge in [-0.15, -0.1) is 0 Å². The van der Waals surface area contributed by atoms with Gasteiger partial charge in [-0.05, 0) is 59.6 Å². The maximum Gasteiger partial charge on any atom is 0.407 e. The van der Waals surface area contributed by atoms with Crippen molar-refractivity contribution in [3.8, 4) is 5.75 Å². The highest BCUT2D eigenvalue weighted by Crippen LogP contribution is 2.24. The first-order valence-corrected chi connectivity index (χ1v) is 10.6. The largest absolute Gasteiger partial charge is 0.488 e. The van der Waals surface area contributed by atoms with Gasteiger partial charge < -0.3 is 24.2 Å². The van der Waals surface area contributed by atoms with Crippen LogP contribution in [0.25, 0.3) is 0 Å². The molecule has 0 atom stereocenters. The lowest BCUT2D eigenvalue weighted by molar-refractivity contribution is 0.0473. The summed E-state index contributed by atoms with van der Waals surface area (Å²) in [6.45, 7) is 10.6. The molecule has 1 aromatic carbocycles. The Morgan fingerprint density at radius 2 is 1.87 bits per heavy atom. The van der Waals surface area contributed by atoms with Crippen LogP contribution in [0, 0.1) is 13.8 Å². The number of para-hydroxylation sites is 1. The van der Waals surface area contributed by atoms with Crippen LogP contribution in [-0.4, -0.2) is 46.8 Å². The van der Waals surface area contributed by atoms with Crippen LogP contribution in [0.5, 0.6) is 5.75 Å². The molecule has 0 unspecified atom stereocenters. The van der Waals surface area contributed by atoms with E-state index in [1.54, 1.807) is 17.0 Å². The van der Waals surface area contributed by atoms with E-state index in [1.165, 1.54) is 0 Å². The molecule has 8 nitrogen and oxygen atoms in total. The fourth-order valence-electron chi connectivity index (χ4n) is 3.50. The van der Waals surface area contributed by atoms with Crippen molar-refractivity contribution in [1.29, 1.82) is 0 Å². The average Bonchev–Trinajstić information content (AvgIpc) is 3.03. The lowest BCUT2D eigenvalue weighted by atomic mass is 10.0. The molecule has 0 saturated carbocycles. The molecule has 8 heteroatoms. The second-order valence-corrected chi connectivity index (χ2v) is 8.80. The summed E-state index contributed by atoms with van der Waals surface area (Å²) in [5.41, 5.74) is 1.65. The van der Waals surface area contributed by atoms with Crippen LogP contribution in [0.1, 0.15) is 61.0 Å². The summed E-state index contributed by atoms with van der Waals surface area (Å²) in [5.74, 6) is 1.16. The lowest BCUT2D eigenvalue weighted by Gasteiger charge is -2.33. The summed E-state index contributed by atoms with van der Waals surface area (Å²) in [7, 11) is 0. The van der Waals surface area contributed by atoms with Gasteiger partial charge in [-0.1, -0.05) is 17.3 Å². The fourth-order valence-corrected chi connectivity index (χ4v) is 3.50. The quantitative estimate of drug-likeness (QED) is 0.772. The second kappa shape index (κ2) is 9.41. The van der Waals surface area contributed by atoms with Gasteiger partial charge in [0.1, 0.15) is 23.7 Å². The molecule has 1 fully saturated rings. The van der Waals surface area contributed by atoms with Gasteiger partial charge in [-0.3, -0.25) is 4.79 Å². The number of rotatable bonds is 5.